The van der Waals surface area contributed by atoms with Crippen molar-refractivity contribution < 1.29 is 28.9 Å². The molecule has 0 aliphatic carbocycles. The Morgan fingerprint density at radius 2 is 1.63 bits per heavy atom. The van der Waals surface area contributed by atoms with Crippen LogP contribution in [-0.2, 0) is 22.6 Å². The van der Waals surface area contributed by atoms with Gasteiger partial charge >= 0.3 is 11.9 Å². The first-order valence-electron chi connectivity index (χ1n) is 11.7. The molecule has 1 aromatic heterocycles. The summed E-state index contributed by atoms with van der Waals surface area (Å²) in [6, 6.07) is 19.7. The van der Waals surface area contributed by atoms with E-state index >= 15 is 0 Å². The molecule has 2 aliphatic rings. The minimum absolute atomic E-state index is 0.118. The van der Waals surface area contributed by atoms with E-state index in [1.165, 1.54) is 16.8 Å². The van der Waals surface area contributed by atoms with Crippen LogP contribution in [0.2, 0.25) is 0 Å². The topological polar surface area (TPSA) is 92.0 Å². The SMILES string of the molecule is Fc1ccc(CCN2CCC(C3Oc4ccccc4Cn4cccc43)CC2)cc1.O=C(O)C(=O)O. The lowest BCUT2D eigenvalue weighted by molar-refractivity contribution is -0.159. The second-order valence-corrected chi connectivity index (χ2v) is 8.87. The molecule has 35 heavy (non-hydrogen) atoms. The number of piperidine rings is 1. The maximum atomic E-state index is 13.1. The Labute approximate surface area is 203 Å². The summed E-state index contributed by atoms with van der Waals surface area (Å²) in [4.78, 5) is 20.7. The third-order valence-electron chi connectivity index (χ3n) is 6.60. The average molecular weight is 481 g/mol. The first-order valence-corrected chi connectivity index (χ1v) is 11.7. The zero-order valence-electron chi connectivity index (χ0n) is 19.3. The van der Waals surface area contributed by atoms with Crippen molar-refractivity contribution in [2.45, 2.75) is 31.9 Å². The zero-order chi connectivity index (χ0) is 24.8. The summed E-state index contributed by atoms with van der Waals surface area (Å²) in [5.41, 5.74) is 3.75. The Hall–Kier alpha value is -3.65. The second-order valence-electron chi connectivity index (χ2n) is 8.87. The van der Waals surface area contributed by atoms with Gasteiger partial charge in [-0.1, -0.05) is 30.3 Å². The number of nitrogens with zero attached hydrogens (tertiary/aromatic N) is 2. The van der Waals surface area contributed by atoms with E-state index in [0.717, 1.165) is 51.2 Å². The van der Waals surface area contributed by atoms with E-state index in [-0.39, 0.29) is 11.9 Å². The number of rotatable bonds is 4. The third-order valence-corrected chi connectivity index (χ3v) is 6.60. The molecule has 3 aromatic rings. The van der Waals surface area contributed by atoms with Crippen LogP contribution in [0.5, 0.6) is 5.75 Å². The number of carboxylic acids is 2. The highest BCUT2D eigenvalue weighted by molar-refractivity contribution is 6.27. The van der Waals surface area contributed by atoms with Crippen molar-refractivity contribution in [2.24, 2.45) is 5.92 Å². The van der Waals surface area contributed by atoms with Gasteiger partial charge in [0.15, 0.2) is 0 Å². The number of hydrogen-bond donors (Lipinski definition) is 2. The lowest BCUT2D eigenvalue weighted by Crippen LogP contribution is -2.38. The normalized spacial score (nSPS) is 17.7. The van der Waals surface area contributed by atoms with Crippen LogP contribution in [0.15, 0.2) is 66.9 Å². The van der Waals surface area contributed by atoms with Gasteiger partial charge in [-0.05, 0) is 68.2 Å². The predicted molar refractivity (Wildman–Crippen MR) is 128 cm³/mol. The van der Waals surface area contributed by atoms with Crippen molar-refractivity contribution in [2.75, 3.05) is 19.6 Å². The standard InChI is InChI=1S/C25H27FN2O.C2H2O4/c26-22-9-7-19(8-10-22)11-15-27-16-12-20(13-17-27)25-23-5-3-14-28(23)18-21-4-1-2-6-24(21)29-25;3-1(4)2(5)6/h1-10,14,20,25H,11-13,15-18H2;(H,3,4)(H,5,6). The number of likely N-dealkylation sites (tertiary alicyclic amines) is 1. The number of fused-ring (bicyclic) bond motifs is 2. The minimum Gasteiger partial charge on any atom is -0.484 e. The maximum Gasteiger partial charge on any atom is 0.414 e. The van der Waals surface area contributed by atoms with Crippen LogP contribution in [0, 0.1) is 11.7 Å². The van der Waals surface area contributed by atoms with Crippen molar-refractivity contribution >= 4 is 11.9 Å². The third kappa shape index (κ3) is 6.27. The molecule has 2 N–H and O–H groups in total. The fourth-order valence-electron chi connectivity index (χ4n) is 4.71. The zero-order valence-corrected chi connectivity index (χ0v) is 19.3. The molecule has 2 aromatic carbocycles. The van der Waals surface area contributed by atoms with Crippen molar-refractivity contribution in [3.63, 3.8) is 0 Å². The largest absolute Gasteiger partial charge is 0.484 e. The molecule has 1 unspecified atom stereocenters. The lowest BCUT2D eigenvalue weighted by Gasteiger charge is -2.36. The van der Waals surface area contributed by atoms with Gasteiger partial charge in [0, 0.05) is 24.2 Å². The second kappa shape index (κ2) is 11.2. The molecule has 5 rings (SSSR count). The summed E-state index contributed by atoms with van der Waals surface area (Å²) in [6.45, 7) is 4.09. The van der Waals surface area contributed by atoms with Gasteiger partial charge in [-0.25, -0.2) is 14.0 Å². The summed E-state index contributed by atoms with van der Waals surface area (Å²) in [5.74, 6) is -2.26. The van der Waals surface area contributed by atoms with Crippen LogP contribution in [-0.4, -0.2) is 51.3 Å². The maximum absolute atomic E-state index is 13.1. The number of aromatic nitrogens is 1. The molecule has 2 aliphatic heterocycles. The Balaban J connectivity index is 0.000000431. The van der Waals surface area contributed by atoms with Crippen LogP contribution < -0.4 is 4.74 Å². The Kier molecular flexibility index (Phi) is 7.82. The van der Waals surface area contributed by atoms with Crippen molar-refractivity contribution in [1.29, 1.82) is 0 Å². The summed E-state index contributed by atoms with van der Waals surface area (Å²) in [5, 5.41) is 14.8. The van der Waals surface area contributed by atoms with Gasteiger partial charge in [0.1, 0.15) is 17.7 Å². The molecule has 0 radical (unpaired) electrons. The number of ether oxygens (including phenoxy) is 1. The van der Waals surface area contributed by atoms with Crippen LogP contribution in [0.25, 0.3) is 0 Å². The van der Waals surface area contributed by atoms with Crippen LogP contribution in [0.3, 0.4) is 0 Å². The summed E-state index contributed by atoms with van der Waals surface area (Å²) in [6.07, 6.45) is 5.54. The Morgan fingerprint density at radius 1 is 0.943 bits per heavy atom. The average Bonchev–Trinajstić information content (AvgIpc) is 3.25. The molecule has 0 bridgehead atoms. The molecule has 0 saturated carbocycles. The van der Waals surface area contributed by atoms with E-state index in [9.17, 15) is 4.39 Å². The Bertz CT molecular complexity index is 1140. The molecular formula is C27H29FN2O5. The van der Waals surface area contributed by atoms with Crippen LogP contribution in [0.1, 0.15) is 35.8 Å². The Morgan fingerprint density at radius 3 is 2.31 bits per heavy atom. The minimum atomic E-state index is -1.82. The van der Waals surface area contributed by atoms with E-state index in [0.29, 0.717) is 5.92 Å². The fraction of sp³-hybridized carbons (Fsp3) is 0.333. The van der Waals surface area contributed by atoms with Gasteiger partial charge in [0.25, 0.3) is 0 Å². The first kappa shape index (κ1) is 24.5. The molecule has 3 heterocycles. The molecule has 1 atom stereocenters. The number of aliphatic carboxylic acids is 2. The van der Waals surface area contributed by atoms with Crippen molar-refractivity contribution in [3.05, 3.63) is 89.5 Å². The highest BCUT2D eigenvalue weighted by atomic mass is 19.1. The number of para-hydroxylation sites is 1. The monoisotopic (exact) mass is 480 g/mol. The van der Waals surface area contributed by atoms with Crippen LogP contribution in [0.4, 0.5) is 4.39 Å². The van der Waals surface area contributed by atoms with E-state index in [1.54, 1.807) is 12.1 Å². The van der Waals surface area contributed by atoms with Gasteiger partial charge in [0.05, 0.1) is 12.2 Å². The molecule has 184 valence electrons. The number of benzene rings is 2. The summed E-state index contributed by atoms with van der Waals surface area (Å²) >= 11 is 0. The van der Waals surface area contributed by atoms with E-state index in [4.69, 9.17) is 24.5 Å². The lowest BCUT2D eigenvalue weighted by atomic mass is 9.89. The molecule has 1 saturated heterocycles. The highest BCUT2D eigenvalue weighted by Gasteiger charge is 2.32. The molecule has 8 heteroatoms. The number of halogens is 1. The fourth-order valence-corrected chi connectivity index (χ4v) is 4.71. The van der Waals surface area contributed by atoms with Gasteiger partial charge < -0.3 is 24.4 Å². The van der Waals surface area contributed by atoms with E-state index in [2.05, 4.69) is 52.1 Å². The molecular weight excluding hydrogens is 451 g/mol. The molecule has 0 amide bonds. The van der Waals surface area contributed by atoms with Crippen molar-refractivity contribution in [1.82, 2.24) is 9.47 Å². The van der Waals surface area contributed by atoms with Crippen molar-refractivity contribution in [3.8, 4) is 5.75 Å². The quantitative estimate of drug-likeness (QED) is 0.544. The van der Waals surface area contributed by atoms with Crippen LogP contribution >= 0.6 is 0 Å². The highest BCUT2D eigenvalue weighted by Crippen LogP contribution is 2.38. The smallest absolute Gasteiger partial charge is 0.414 e. The molecule has 1 fully saturated rings. The number of carbonyl (C=O) groups is 2. The van der Waals surface area contributed by atoms with E-state index < -0.39 is 11.9 Å². The summed E-state index contributed by atoms with van der Waals surface area (Å²) < 4.78 is 22.0. The van der Waals surface area contributed by atoms with Gasteiger partial charge in [-0.3, -0.25) is 0 Å². The van der Waals surface area contributed by atoms with Gasteiger partial charge in [0.2, 0.25) is 0 Å². The predicted octanol–water partition coefficient (Wildman–Crippen LogP) is 4.22. The number of carboxylic acid groups (broad SMARTS) is 2. The molecule has 7 nitrogen and oxygen atoms in total. The molecule has 0 spiro atoms. The number of hydrogen-bond acceptors (Lipinski definition) is 4. The summed E-state index contributed by atoms with van der Waals surface area (Å²) in [7, 11) is 0. The van der Waals surface area contributed by atoms with E-state index in [1.807, 2.05) is 12.1 Å². The van der Waals surface area contributed by atoms with Gasteiger partial charge in [-0.15, -0.1) is 0 Å². The van der Waals surface area contributed by atoms with Gasteiger partial charge in [-0.2, -0.15) is 0 Å². The first-order chi connectivity index (χ1) is 16.9.